The van der Waals surface area contributed by atoms with Crippen molar-refractivity contribution in [2.45, 2.75) is 39.0 Å². The van der Waals surface area contributed by atoms with E-state index in [2.05, 4.69) is 22.0 Å². The molecule has 1 aromatic rings. The number of hydrogen-bond acceptors (Lipinski definition) is 2. The highest BCUT2D eigenvalue weighted by atomic mass is 127. The first-order valence-corrected chi connectivity index (χ1v) is 7.25. The molecule has 0 atom stereocenters. The lowest BCUT2D eigenvalue weighted by molar-refractivity contribution is -0.274. The molecule has 0 saturated heterocycles. The first-order chi connectivity index (χ1) is 10.3. The van der Waals surface area contributed by atoms with E-state index in [1.807, 2.05) is 0 Å². The van der Waals surface area contributed by atoms with Gasteiger partial charge < -0.3 is 15.8 Å². The second-order valence-corrected chi connectivity index (χ2v) is 5.65. The Bertz CT molecular complexity index is 528. The number of rotatable bonds is 6. The van der Waals surface area contributed by atoms with Crippen LogP contribution in [0.25, 0.3) is 0 Å². The number of nitrogens with zero attached hydrogens (tertiary/aromatic N) is 1. The Balaban J connectivity index is 0.00000264. The number of benzene rings is 1. The number of halogens is 4. The molecule has 130 valence electrons. The third-order valence-electron chi connectivity index (χ3n) is 3.68. The SMILES string of the molecule is CCCC1(CN=C(N)Nc2ccc(OC(F)(F)F)cc2)CC1.I. The molecule has 0 bridgehead atoms. The zero-order valence-corrected chi connectivity index (χ0v) is 15.2. The standard InChI is InChI=1S/C15H20F3N3O.HI/c1-2-7-14(8-9-14)10-20-13(19)21-11-3-5-12(6-4-11)22-15(16,17)18;/h3-6H,2,7-10H2,1H3,(H3,19,20,21);1H. The molecular formula is C15H21F3IN3O. The van der Waals surface area contributed by atoms with Crippen molar-refractivity contribution >= 4 is 35.6 Å². The van der Waals surface area contributed by atoms with Gasteiger partial charge in [-0.15, -0.1) is 37.1 Å². The number of anilines is 1. The molecule has 1 fully saturated rings. The summed E-state index contributed by atoms with van der Waals surface area (Å²) in [7, 11) is 0. The van der Waals surface area contributed by atoms with Crippen molar-refractivity contribution in [3.8, 4) is 5.75 Å². The monoisotopic (exact) mass is 443 g/mol. The van der Waals surface area contributed by atoms with Gasteiger partial charge in [0, 0.05) is 12.2 Å². The Kier molecular flexibility index (Phi) is 6.97. The number of guanidine groups is 1. The molecular weight excluding hydrogens is 422 g/mol. The molecule has 0 unspecified atom stereocenters. The van der Waals surface area contributed by atoms with Crippen LogP contribution in [0.15, 0.2) is 29.3 Å². The molecule has 0 aliphatic heterocycles. The van der Waals surface area contributed by atoms with E-state index in [0.29, 0.717) is 17.6 Å². The summed E-state index contributed by atoms with van der Waals surface area (Å²) >= 11 is 0. The Morgan fingerprint density at radius 2 is 1.91 bits per heavy atom. The Hall–Kier alpha value is -1.19. The quantitative estimate of drug-likeness (QED) is 0.387. The highest BCUT2D eigenvalue weighted by Gasteiger charge is 2.41. The van der Waals surface area contributed by atoms with E-state index in [-0.39, 0.29) is 35.7 Å². The molecule has 2 rings (SSSR count). The first kappa shape index (κ1) is 19.9. The van der Waals surface area contributed by atoms with Gasteiger partial charge in [0.15, 0.2) is 5.96 Å². The van der Waals surface area contributed by atoms with E-state index in [1.54, 1.807) is 0 Å². The molecule has 1 aliphatic rings. The highest BCUT2D eigenvalue weighted by Crippen LogP contribution is 2.49. The molecule has 1 aliphatic carbocycles. The lowest BCUT2D eigenvalue weighted by atomic mass is 10.0. The zero-order chi connectivity index (χ0) is 16.2. The van der Waals surface area contributed by atoms with Crippen LogP contribution in [0.2, 0.25) is 0 Å². The van der Waals surface area contributed by atoms with Gasteiger partial charge in [-0.05, 0) is 48.9 Å². The van der Waals surface area contributed by atoms with Crippen molar-refractivity contribution in [3.05, 3.63) is 24.3 Å². The average molecular weight is 443 g/mol. The molecule has 1 aromatic carbocycles. The van der Waals surface area contributed by atoms with Gasteiger partial charge in [-0.2, -0.15) is 0 Å². The third kappa shape index (κ3) is 6.84. The van der Waals surface area contributed by atoms with Crippen LogP contribution in [0.4, 0.5) is 18.9 Å². The largest absolute Gasteiger partial charge is 0.573 e. The van der Waals surface area contributed by atoms with Crippen LogP contribution in [0.3, 0.4) is 0 Å². The van der Waals surface area contributed by atoms with Crippen LogP contribution in [0, 0.1) is 5.41 Å². The number of hydrogen-bond donors (Lipinski definition) is 2. The molecule has 0 radical (unpaired) electrons. The minimum Gasteiger partial charge on any atom is -0.406 e. The molecule has 0 spiro atoms. The van der Waals surface area contributed by atoms with Crippen LogP contribution < -0.4 is 15.8 Å². The van der Waals surface area contributed by atoms with Crippen LogP contribution in [0.1, 0.15) is 32.6 Å². The Morgan fingerprint density at radius 3 is 2.39 bits per heavy atom. The summed E-state index contributed by atoms with van der Waals surface area (Å²) in [5.41, 5.74) is 6.68. The number of nitrogens with one attached hydrogen (secondary N) is 1. The highest BCUT2D eigenvalue weighted by molar-refractivity contribution is 14.0. The van der Waals surface area contributed by atoms with E-state index < -0.39 is 6.36 Å². The molecule has 1 saturated carbocycles. The molecule has 0 amide bonds. The maximum Gasteiger partial charge on any atom is 0.573 e. The van der Waals surface area contributed by atoms with E-state index in [4.69, 9.17) is 5.73 Å². The Labute approximate surface area is 150 Å². The van der Waals surface area contributed by atoms with Gasteiger partial charge in [0.1, 0.15) is 5.75 Å². The fraction of sp³-hybridized carbons (Fsp3) is 0.533. The van der Waals surface area contributed by atoms with Gasteiger partial charge in [0.05, 0.1) is 0 Å². The van der Waals surface area contributed by atoms with Gasteiger partial charge in [-0.3, -0.25) is 4.99 Å². The predicted octanol–water partition coefficient (Wildman–Crippen LogP) is 4.51. The molecule has 0 aromatic heterocycles. The number of aliphatic imine (C=N–C) groups is 1. The summed E-state index contributed by atoms with van der Waals surface area (Å²) in [5.74, 6) is 0.000284. The molecule has 23 heavy (non-hydrogen) atoms. The number of nitrogens with two attached hydrogens (primary N) is 1. The minimum atomic E-state index is -4.69. The van der Waals surface area contributed by atoms with E-state index in [1.165, 1.54) is 37.1 Å². The van der Waals surface area contributed by atoms with E-state index in [9.17, 15) is 13.2 Å². The van der Waals surface area contributed by atoms with Gasteiger partial charge in [0.2, 0.25) is 0 Å². The summed E-state index contributed by atoms with van der Waals surface area (Å²) in [6.45, 7) is 2.84. The smallest absolute Gasteiger partial charge is 0.406 e. The van der Waals surface area contributed by atoms with Crippen LogP contribution in [0.5, 0.6) is 5.75 Å². The molecule has 4 nitrogen and oxygen atoms in total. The second-order valence-electron chi connectivity index (χ2n) is 5.65. The average Bonchev–Trinajstić information content (AvgIpc) is 3.18. The topological polar surface area (TPSA) is 59.6 Å². The summed E-state index contributed by atoms with van der Waals surface area (Å²) in [4.78, 5) is 4.33. The van der Waals surface area contributed by atoms with Gasteiger partial charge in [0.25, 0.3) is 0 Å². The van der Waals surface area contributed by atoms with E-state index >= 15 is 0 Å². The van der Waals surface area contributed by atoms with Crippen molar-refractivity contribution in [3.63, 3.8) is 0 Å². The van der Waals surface area contributed by atoms with Crippen LogP contribution in [-0.2, 0) is 0 Å². The van der Waals surface area contributed by atoms with Crippen molar-refractivity contribution in [1.29, 1.82) is 0 Å². The summed E-state index contributed by atoms with van der Waals surface area (Å²) in [6, 6.07) is 5.37. The summed E-state index contributed by atoms with van der Waals surface area (Å²) < 4.78 is 40.0. The number of ether oxygens (including phenoxy) is 1. The summed E-state index contributed by atoms with van der Waals surface area (Å²) in [5, 5.41) is 2.87. The van der Waals surface area contributed by atoms with Crippen LogP contribution in [-0.4, -0.2) is 18.9 Å². The van der Waals surface area contributed by atoms with Crippen molar-refractivity contribution < 1.29 is 17.9 Å². The first-order valence-electron chi connectivity index (χ1n) is 7.25. The maximum absolute atomic E-state index is 12.1. The molecule has 0 heterocycles. The summed E-state index contributed by atoms with van der Waals surface area (Å²) in [6.07, 6.45) is -0.0493. The third-order valence-corrected chi connectivity index (χ3v) is 3.68. The zero-order valence-electron chi connectivity index (χ0n) is 12.8. The van der Waals surface area contributed by atoms with Gasteiger partial charge >= 0.3 is 6.36 Å². The number of alkyl halides is 3. The van der Waals surface area contributed by atoms with Gasteiger partial charge in [-0.1, -0.05) is 13.3 Å². The van der Waals surface area contributed by atoms with Crippen molar-refractivity contribution in [2.24, 2.45) is 16.1 Å². The van der Waals surface area contributed by atoms with Crippen molar-refractivity contribution in [2.75, 3.05) is 11.9 Å². The van der Waals surface area contributed by atoms with Crippen LogP contribution >= 0.6 is 24.0 Å². The second kappa shape index (κ2) is 8.07. The minimum absolute atomic E-state index is 0. The fourth-order valence-electron chi connectivity index (χ4n) is 2.37. The molecule has 8 heteroatoms. The lowest BCUT2D eigenvalue weighted by Gasteiger charge is -2.12. The lowest BCUT2D eigenvalue weighted by Crippen LogP contribution is -2.24. The fourth-order valence-corrected chi connectivity index (χ4v) is 2.37. The van der Waals surface area contributed by atoms with E-state index in [0.717, 1.165) is 12.8 Å². The van der Waals surface area contributed by atoms with Crippen molar-refractivity contribution in [1.82, 2.24) is 0 Å². The molecule has 3 N–H and O–H groups in total. The van der Waals surface area contributed by atoms with Gasteiger partial charge in [-0.25, -0.2) is 0 Å². The Morgan fingerprint density at radius 1 is 1.30 bits per heavy atom. The maximum atomic E-state index is 12.1. The predicted molar refractivity (Wildman–Crippen MR) is 95.2 cm³/mol. The normalized spacial score (nSPS) is 16.4.